The SMILES string of the molecule is CC(O)c1ccc(Oc2ccc(Br)cc2[N+](=O)[O-])nc1. The Morgan fingerprint density at radius 1 is 1.40 bits per heavy atom. The van der Waals surface area contributed by atoms with E-state index in [1.807, 2.05) is 0 Å². The lowest BCUT2D eigenvalue weighted by atomic mass is 10.2. The number of hydrogen-bond acceptors (Lipinski definition) is 5. The summed E-state index contributed by atoms with van der Waals surface area (Å²) in [4.78, 5) is 14.4. The smallest absolute Gasteiger partial charge is 0.312 e. The van der Waals surface area contributed by atoms with E-state index in [0.29, 0.717) is 10.0 Å². The van der Waals surface area contributed by atoms with Crippen molar-refractivity contribution in [2.24, 2.45) is 0 Å². The van der Waals surface area contributed by atoms with Crippen LogP contribution in [0.25, 0.3) is 0 Å². The molecule has 1 atom stereocenters. The van der Waals surface area contributed by atoms with Gasteiger partial charge in [-0.05, 0) is 30.7 Å². The number of aliphatic hydroxyl groups excluding tert-OH is 1. The molecule has 0 bridgehead atoms. The van der Waals surface area contributed by atoms with E-state index in [9.17, 15) is 15.2 Å². The highest BCUT2D eigenvalue weighted by Crippen LogP contribution is 2.33. The number of hydrogen-bond donors (Lipinski definition) is 1. The Morgan fingerprint density at radius 3 is 2.70 bits per heavy atom. The summed E-state index contributed by atoms with van der Waals surface area (Å²) in [5, 5.41) is 20.3. The lowest BCUT2D eigenvalue weighted by Crippen LogP contribution is -1.96. The molecule has 0 aliphatic heterocycles. The van der Waals surface area contributed by atoms with Gasteiger partial charge in [-0.25, -0.2) is 4.98 Å². The lowest BCUT2D eigenvalue weighted by Gasteiger charge is -2.07. The molecule has 7 heteroatoms. The van der Waals surface area contributed by atoms with Crippen LogP contribution in [0.5, 0.6) is 11.6 Å². The molecule has 0 spiro atoms. The molecule has 1 N–H and O–H groups in total. The zero-order valence-corrected chi connectivity index (χ0v) is 12.1. The molecule has 1 aromatic heterocycles. The van der Waals surface area contributed by atoms with Gasteiger partial charge < -0.3 is 9.84 Å². The summed E-state index contributed by atoms with van der Waals surface area (Å²) in [6.45, 7) is 1.62. The van der Waals surface area contributed by atoms with E-state index >= 15 is 0 Å². The van der Waals surface area contributed by atoms with Gasteiger partial charge in [-0.3, -0.25) is 10.1 Å². The molecule has 2 aromatic rings. The average Bonchev–Trinajstić information content (AvgIpc) is 2.41. The van der Waals surface area contributed by atoms with Crippen LogP contribution in [-0.4, -0.2) is 15.0 Å². The minimum atomic E-state index is -0.626. The maximum atomic E-state index is 11.0. The van der Waals surface area contributed by atoms with Crippen molar-refractivity contribution in [2.45, 2.75) is 13.0 Å². The number of benzene rings is 1. The Hall–Kier alpha value is -1.99. The average molecular weight is 339 g/mol. The number of nitro groups is 1. The third-order valence-electron chi connectivity index (χ3n) is 2.57. The van der Waals surface area contributed by atoms with Gasteiger partial charge in [-0.2, -0.15) is 0 Å². The quantitative estimate of drug-likeness (QED) is 0.679. The molecule has 104 valence electrons. The molecule has 1 unspecified atom stereocenters. The van der Waals surface area contributed by atoms with Crippen molar-refractivity contribution in [1.82, 2.24) is 4.98 Å². The van der Waals surface area contributed by atoms with Crippen LogP contribution in [0, 0.1) is 10.1 Å². The van der Waals surface area contributed by atoms with E-state index < -0.39 is 11.0 Å². The van der Waals surface area contributed by atoms with Crippen LogP contribution in [0.4, 0.5) is 5.69 Å². The second kappa shape index (κ2) is 5.98. The second-order valence-electron chi connectivity index (χ2n) is 4.08. The van der Waals surface area contributed by atoms with Crippen LogP contribution in [-0.2, 0) is 0 Å². The minimum Gasteiger partial charge on any atom is -0.432 e. The predicted octanol–water partition coefficient (Wildman–Crippen LogP) is 3.60. The van der Waals surface area contributed by atoms with Crippen molar-refractivity contribution in [3.63, 3.8) is 0 Å². The molecule has 2 rings (SSSR count). The van der Waals surface area contributed by atoms with Crippen molar-refractivity contribution >= 4 is 21.6 Å². The molecule has 0 amide bonds. The van der Waals surface area contributed by atoms with Crippen molar-refractivity contribution in [2.75, 3.05) is 0 Å². The van der Waals surface area contributed by atoms with Crippen LogP contribution in [0.3, 0.4) is 0 Å². The van der Waals surface area contributed by atoms with Crippen LogP contribution in [0.15, 0.2) is 41.0 Å². The zero-order valence-electron chi connectivity index (χ0n) is 10.5. The van der Waals surface area contributed by atoms with Gasteiger partial charge in [-0.1, -0.05) is 15.9 Å². The first kappa shape index (κ1) is 14.4. The largest absolute Gasteiger partial charge is 0.432 e. The lowest BCUT2D eigenvalue weighted by molar-refractivity contribution is -0.385. The van der Waals surface area contributed by atoms with Gasteiger partial charge in [0, 0.05) is 22.8 Å². The molecule has 0 aliphatic rings. The first-order valence-corrected chi connectivity index (χ1v) is 6.52. The highest BCUT2D eigenvalue weighted by molar-refractivity contribution is 9.10. The number of nitrogens with zero attached hydrogens (tertiary/aromatic N) is 2. The van der Waals surface area contributed by atoms with Crippen LogP contribution >= 0.6 is 15.9 Å². The standard InChI is InChI=1S/C13H11BrN2O4/c1-8(17)9-2-5-13(15-7-9)20-12-4-3-10(14)6-11(12)16(18)19/h2-8,17H,1H3. The summed E-state index contributed by atoms with van der Waals surface area (Å²) in [5.74, 6) is 0.329. The van der Waals surface area contributed by atoms with Gasteiger partial charge in [0.05, 0.1) is 11.0 Å². The minimum absolute atomic E-state index is 0.107. The van der Waals surface area contributed by atoms with Gasteiger partial charge in [-0.15, -0.1) is 0 Å². The summed E-state index contributed by atoms with van der Waals surface area (Å²) in [6.07, 6.45) is 0.837. The van der Waals surface area contributed by atoms with E-state index in [2.05, 4.69) is 20.9 Å². The van der Waals surface area contributed by atoms with Crippen LogP contribution in [0.2, 0.25) is 0 Å². The van der Waals surface area contributed by atoms with E-state index in [4.69, 9.17) is 4.74 Å². The maximum Gasteiger partial charge on any atom is 0.312 e. The molecule has 1 aromatic carbocycles. The number of halogens is 1. The van der Waals surface area contributed by atoms with Crippen molar-refractivity contribution < 1.29 is 14.8 Å². The predicted molar refractivity (Wildman–Crippen MR) is 75.7 cm³/mol. The first-order chi connectivity index (χ1) is 9.47. The van der Waals surface area contributed by atoms with E-state index in [1.54, 1.807) is 25.1 Å². The molecule has 20 heavy (non-hydrogen) atoms. The summed E-state index contributed by atoms with van der Waals surface area (Å²) in [6, 6.07) is 7.70. The number of rotatable bonds is 4. The van der Waals surface area contributed by atoms with Gasteiger partial charge in [0.25, 0.3) is 0 Å². The Morgan fingerprint density at radius 2 is 2.15 bits per heavy atom. The summed E-state index contributed by atoms with van der Waals surface area (Å²) >= 11 is 3.17. The van der Waals surface area contributed by atoms with Gasteiger partial charge in [0.1, 0.15) is 0 Å². The molecule has 0 aliphatic carbocycles. The fourth-order valence-corrected chi connectivity index (χ4v) is 1.88. The van der Waals surface area contributed by atoms with E-state index in [-0.39, 0.29) is 17.3 Å². The summed E-state index contributed by atoms with van der Waals surface area (Å²) in [7, 11) is 0. The third-order valence-corrected chi connectivity index (χ3v) is 3.07. The molecule has 6 nitrogen and oxygen atoms in total. The highest BCUT2D eigenvalue weighted by Gasteiger charge is 2.16. The number of nitro benzene ring substituents is 1. The molecule has 0 fully saturated rings. The molecule has 1 heterocycles. The van der Waals surface area contributed by atoms with Crippen molar-refractivity contribution in [1.29, 1.82) is 0 Å². The summed E-state index contributed by atoms with van der Waals surface area (Å²) < 4.78 is 6.00. The van der Waals surface area contributed by atoms with Crippen molar-refractivity contribution in [3.05, 3.63) is 56.7 Å². The Bertz CT molecular complexity index is 629. The van der Waals surface area contributed by atoms with Gasteiger partial charge in [0.2, 0.25) is 11.6 Å². The maximum absolute atomic E-state index is 11.0. The zero-order chi connectivity index (χ0) is 14.7. The molecule has 0 radical (unpaired) electrons. The fourth-order valence-electron chi connectivity index (χ4n) is 1.53. The number of ether oxygens (including phenoxy) is 1. The van der Waals surface area contributed by atoms with E-state index in [1.165, 1.54) is 18.3 Å². The summed E-state index contributed by atoms with van der Waals surface area (Å²) in [5.41, 5.74) is 0.489. The molecular weight excluding hydrogens is 328 g/mol. The Balaban J connectivity index is 2.28. The monoisotopic (exact) mass is 338 g/mol. The molecular formula is C13H11BrN2O4. The van der Waals surface area contributed by atoms with Crippen LogP contribution in [0.1, 0.15) is 18.6 Å². The molecule has 0 saturated carbocycles. The Labute approximate surface area is 123 Å². The topological polar surface area (TPSA) is 85.5 Å². The van der Waals surface area contributed by atoms with Gasteiger partial charge >= 0.3 is 5.69 Å². The second-order valence-corrected chi connectivity index (χ2v) is 4.99. The fraction of sp³-hybridized carbons (Fsp3) is 0.154. The van der Waals surface area contributed by atoms with Crippen molar-refractivity contribution in [3.8, 4) is 11.6 Å². The van der Waals surface area contributed by atoms with Gasteiger partial charge in [0.15, 0.2) is 0 Å². The van der Waals surface area contributed by atoms with Crippen LogP contribution < -0.4 is 4.74 Å². The van der Waals surface area contributed by atoms with E-state index in [0.717, 1.165) is 0 Å². The highest BCUT2D eigenvalue weighted by atomic mass is 79.9. The number of aromatic nitrogens is 1. The first-order valence-electron chi connectivity index (χ1n) is 5.73. The number of aliphatic hydroxyl groups is 1. The molecule has 0 saturated heterocycles. The normalized spacial score (nSPS) is 11.9. The number of pyridine rings is 1. The Kier molecular flexibility index (Phi) is 4.31. The third kappa shape index (κ3) is 3.31.